The van der Waals surface area contributed by atoms with Gasteiger partial charge in [0.25, 0.3) is 5.91 Å². The SMILES string of the molecule is COC1=CC(C(=O)Nc2ccccc2C(C)Sc2nc(C(=O)O)cn2C)=CC(OC)=C(OC)C1. The van der Waals surface area contributed by atoms with Gasteiger partial charge in [-0.15, -0.1) is 0 Å². The number of nitrogens with one attached hydrogen (secondary N) is 1. The largest absolute Gasteiger partial charge is 0.501 e. The number of anilines is 1. The Morgan fingerprint density at radius 2 is 1.88 bits per heavy atom. The first kappa shape index (κ1) is 25.0. The lowest BCUT2D eigenvalue weighted by atomic mass is 10.1. The van der Waals surface area contributed by atoms with E-state index in [4.69, 9.17) is 14.2 Å². The number of para-hydroxylation sites is 1. The van der Waals surface area contributed by atoms with E-state index in [1.54, 1.807) is 23.8 Å². The summed E-state index contributed by atoms with van der Waals surface area (Å²) in [5.74, 6) is 0.142. The molecule has 1 aliphatic rings. The van der Waals surface area contributed by atoms with Crippen molar-refractivity contribution in [2.45, 2.75) is 23.8 Å². The number of methoxy groups -OCH3 is 3. The fourth-order valence-electron chi connectivity index (χ4n) is 3.38. The van der Waals surface area contributed by atoms with Crippen LogP contribution in [0.5, 0.6) is 0 Å². The molecule has 34 heavy (non-hydrogen) atoms. The fourth-order valence-corrected chi connectivity index (χ4v) is 4.40. The number of carboxylic acids is 1. The molecule has 1 aromatic carbocycles. The summed E-state index contributed by atoms with van der Waals surface area (Å²) in [6.45, 7) is 1.97. The molecule has 1 aromatic heterocycles. The van der Waals surface area contributed by atoms with Gasteiger partial charge in [-0.3, -0.25) is 4.79 Å². The molecule has 1 atom stereocenters. The third-order valence-electron chi connectivity index (χ3n) is 5.19. The van der Waals surface area contributed by atoms with Crippen LogP contribution in [0.1, 0.15) is 34.6 Å². The van der Waals surface area contributed by atoms with Crippen molar-refractivity contribution < 1.29 is 28.9 Å². The van der Waals surface area contributed by atoms with E-state index < -0.39 is 5.97 Å². The number of rotatable bonds is 9. The van der Waals surface area contributed by atoms with E-state index in [0.29, 0.717) is 40.1 Å². The third-order valence-corrected chi connectivity index (χ3v) is 6.38. The van der Waals surface area contributed by atoms with Gasteiger partial charge >= 0.3 is 5.97 Å². The van der Waals surface area contributed by atoms with E-state index >= 15 is 0 Å². The number of amides is 1. The molecule has 1 unspecified atom stereocenters. The predicted octanol–water partition coefficient (Wildman–Crippen LogP) is 4.27. The van der Waals surface area contributed by atoms with E-state index in [9.17, 15) is 14.7 Å². The summed E-state index contributed by atoms with van der Waals surface area (Å²) in [6, 6.07) is 7.45. The van der Waals surface area contributed by atoms with Crippen LogP contribution in [-0.2, 0) is 26.1 Å². The monoisotopic (exact) mass is 485 g/mol. The summed E-state index contributed by atoms with van der Waals surface area (Å²) in [6.07, 6.45) is 5.10. The van der Waals surface area contributed by atoms with Gasteiger partial charge in [0, 0.05) is 29.8 Å². The van der Waals surface area contributed by atoms with Crippen LogP contribution in [0.15, 0.2) is 70.6 Å². The van der Waals surface area contributed by atoms with Gasteiger partial charge < -0.3 is 29.2 Å². The molecule has 0 bridgehead atoms. The molecule has 3 rings (SSSR count). The normalized spacial score (nSPS) is 14.5. The number of carbonyl (C=O) groups excluding carboxylic acids is 1. The van der Waals surface area contributed by atoms with Crippen LogP contribution in [0.2, 0.25) is 0 Å². The van der Waals surface area contributed by atoms with E-state index in [1.807, 2.05) is 31.2 Å². The average Bonchev–Trinajstić information content (AvgIpc) is 3.08. The molecular formula is C24H27N3O6S. The summed E-state index contributed by atoms with van der Waals surface area (Å²) >= 11 is 1.40. The molecule has 9 nitrogen and oxygen atoms in total. The van der Waals surface area contributed by atoms with Crippen molar-refractivity contribution >= 4 is 29.3 Å². The number of allylic oxidation sites excluding steroid dienone is 1. The van der Waals surface area contributed by atoms with Gasteiger partial charge in [0.15, 0.2) is 16.6 Å². The van der Waals surface area contributed by atoms with Crippen molar-refractivity contribution in [1.82, 2.24) is 9.55 Å². The van der Waals surface area contributed by atoms with E-state index in [2.05, 4.69) is 10.3 Å². The van der Waals surface area contributed by atoms with Crippen LogP contribution in [0.4, 0.5) is 5.69 Å². The number of imidazole rings is 1. The molecule has 0 saturated carbocycles. The van der Waals surface area contributed by atoms with E-state index in [-0.39, 0.29) is 16.9 Å². The van der Waals surface area contributed by atoms with Gasteiger partial charge in [0.05, 0.1) is 27.8 Å². The Hall–Kier alpha value is -3.66. The number of carbonyl (C=O) groups is 2. The highest BCUT2D eigenvalue weighted by atomic mass is 32.2. The van der Waals surface area contributed by atoms with Gasteiger partial charge in [-0.1, -0.05) is 30.0 Å². The summed E-state index contributed by atoms with van der Waals surface area (Å²) in [5.41, 5.74) is 1.84. The lowest BCUT2D eigenvalue weighted by Crippen LogP contribution is -2.15. The maximum Gasteiger partial charge on any atom is 0.356 e. The Morgan fingerprint density at radius 1 is 1.15 bits per heavy atom. The second-order valence-corrected chi connectivity index (χ2v) is 8.72. The minimum absolute atomic E-state index is 0.0164. The summed E-state index contributed by atoms with van der Waals surface area (Å²) < 4.78 is 17.9. The minimum Gasteiger partial charge on any atom is -0.501 e. The minimum atomic E-state index is -1.08. The van der Waals surface area contributed by atoms with Crippen molar-refractivity contribution in [3.05, 3.63) is 76.7 Å². The molecule has 10 heteroatoms. The summed E-state index contributed by atoms with van der Waals surface area (Å²) in [5, 5.41) is 12.6. The number of nitrogens with zero attached hydrogens (tertiary/aromatic N) is 2. The number of thioether (sulfide) groups is 1. The highest BCUT2D eigenvalue weighted by Gasteiger charge is 2.22. The van der Waals surface area contributed by atoms with Crippen molar-refractivity contribution in [3.8, 4) is 0 Å². The van der Waals surface area contributed by atoms with Gasteiger partial charge in [0.1, 0.15) is 11.5 Å². The summed E-state index contributed by atoms with van der Waals surface area (Å²) in [4.78, 5) is 28.6. The Bertz CT molecular complexity index is 1180. The maximum atomic E-state index is 13.2. The highest BCUT2D eigenvalue weighted by molar-refractivity contribution is 7.99. The van der Waals surface area contributed by atoms with Crippen LogP contribution in [0.3, 0.4) is 0 Å². The van der Waals surface area contributed by atoms with Crippen molar-refractivity contribution in [2.75, 3.05) is 26.6 Å². The molecule has 2 N–H and O–H groups in total. The first-order valence-electron chi connectivity index (χ1n) is 10.4. The Balaban J connectivity index is 1.87. The molecular weight excluding hydrogens is 458 g/mol. The molecule has 1 aliphatic carbocycles. The zero-order chi connectivity index (χ0) is 24.8. The number of aryl methyl sites for hydroxylation is 1. The Kier molecular flexibility index (Phi) is 8.06. The standard InChI is InChI=1S/C24H27N3O6S/c1-14(34-24-26-19(23(29)30)13-27(24)2)17-8-6-7-9-18(17)25-22(28)15-10-16(31-3)12-21(33-5)20(11-15)32-4/h6-11,13-14H,12H2,1-5H3,(H,25,28)(H,29,30). The number of aromatic carboxylic acids is 1. The van der Waals surface area contributed by atoms with Gasteiger partial charge in [0.2, 0.25) is 0 Å². The van der Waals surface area contributed by atoms with Crippen LogP contribution in [0.25, 0.3) is 0 Å². The lowest BCUT2D eigenvalue weighted by Gasteiger charge is -2.17. The lowest BCUT2D eigenvalue weighted by molar-refractivity contribution is -0.112. The van der Waals surface area contributed by atoms with Crippen LogP contribution in [-0.4, -0.2) is 47.9 Å². The van der Waals surface area contributed by atoms with E-state index in [0.717, 1.165) is 5.56 Å². The number of hydrogen-bond donors (Lipinski definition) is 2. The number of ether oxygens (including phenoxy) is 3. The second-order valence-electron chi connectivity index (χ2n) is 7.41. The quantitative estimate of drug-likeness (QED) is 0.507. The third kappa shape index (κ3) is 5.63. The van der Waals surface area contributed by atoms with Crippen molar-refractivity contribution in [2.24, 2.45) is 7.05 Å². The maximum absolute atomic E-state index is 13.2. The Morgan fingerprint density at radius 3 is 2.50 bits per heavy atom. The van der Waals surface area contributed by atoms with Crippen molar-refractivity contribution in [1.29, 1.82) is 0 Å². The molecule has 1 amide bonds. The van der Waals surface area contributed by atoms with Gasteiger partial charge in [-0.2, -0.15) is 0 Å². The average molecular weight is 486 g/mol. The molecule has 0 saturated heterocycles. The number of carboxylic acid groups (broad SMARTS) is 1. The van der Waals surface area contributed by atoms with E-state index in [1.165, 1.54) is 39.3 Å². The fraction of sp³-hybridized carbons (Fsp3) is 0.292. The van der Waals surface area contributed by atoms with Gasteiger partial charge in [-0.05, 0) is 30.7 Å². The smallest absolute Gasteiger partial charge is 0.356 e. The van der Waals surface area contributed by atoms with Gasteiger partial charge in [-0.25, -0.2) is 9.78 Å². The van der Waals surface area contributed by atoms with Crippen molar-refractivity contribution in [3.63, 3.8) is 0 Å². The topological polar surface area (TPSA) is 112 Å². The number of aromatic nitrogens is 2. The first-order chi connectivity index (χ1) is 16.3. The summed E-state index contributed by atoms with van der Waals surface area (Å²) in [7, 11) is 6.33. The number of benzene rings is 1. The molecule has 180 valence electrons. The molecule has 2 aromatic rings. The zero-order valence-electron chi connectivity index (χ0n) is 19.6. The molecule has 0 aliphatic heterocycles. The second kappa shape index (κ2) is 11.0. The zero-order valence-corrected chi connectivity index (χ0v) is 20.4. The Labute approximate surface area is 202 Å². The van der Waals surface area contributed by atoms with Crippen LogP contribution in [0, 0.1) is 0 Å². The highest BCUT2D eigenvalue weighted by Crippen LogP contribution is 2.37. The molecule has 1 heterocycles. The molecule has 0 spiro atoms. The van der Waals surface area contributed by atoms with Crippen LogP contribution >= 0.6 is 11.8 Å². The first-order valence-corrected chi connectivity index (χ1v) is 11.3. The molecule has 0 radical (unpaired) electrons. The number of hydrogen-bond acceptors (Lipinski definition) is 7. The van der Waals surface area contributed by atoms with Crippen LogP contribution < -0.4 is 5.32 Å². The predicted molar refractivity (Wildman–Crippen MR) is 128 cm³/mol. The molecule has 0 fully saturated rings.